The topological polar surface area (TPSA) is 71.1 Å². The van der Waals surface area contributed by atoms with Gasteiger partial charge in [0, 0.05) is 18.3 Å². The Labute approximate surface area is 156 Å². The van der Waals surface area contributed by atoms with Crippen molar-refractivity contribution in [2.45, 2.75) is 20.3 Å². The molecule has 0 radical (unpaired) electrons. The quantitative estimate of drug-likeness (QED) is 0.780. The molecule has 1 aromatic carbocycles. The molecule has 2 N–H and O–H groups in total. The van der Waals surface area contributed by atoms with Gasteiger partial charge in [0.25, 0.3) is 11.8 Å². The van der Waals surface area contributed by atoms with E-state index in [0.717, 1.165) is 6.42 Å². The fraction of sp³-hybridized carbons (Fsp3) is 0.278. The molecule has 132 valence electrons. The number of benzene rings is 1. The number of carbonyl (C=O) groups is 2. The van der Waals surface area contributed by atoms with Crippen LogP contribution in [0.1, 0.15) is 41.1 Å². The molecular weight excluding hydrogens is 361 g/mol. The summed E-state index contributed by atoms with van der Waals surface area (Å²) in [7, 11) is 0. The van der Waals surface area contributed by atoms with Crippen LogP contribution in [-0.4, -0.2) is 23.3 Å². The maximum absolute atomic E-state index is 12.3. The van der Waals surface area contributed by atoms with Gasteiger partial charge in [0.1, 0.15) is 5.69 Å². The zero-order chi connectivity index (χ0) is 18.4. The van der Waals surface area contributed by atoms with Gasteiger partial charge in [-0.15, -0.1) is 0 Å². The van der Waals surface area contributed by atoms with Crippen LogP contribution < -0.4 is 10.6 Å². The fourth-order valence-corrected chi connectivity index (χ4v) is 2.41. The Bertz CT molecular complexity index is 779. The van der Waals surface area contributed by atoms with Crippen LogP contribution in [0.5, 0.6) is 0 Å². The highest BCUT2D eigenvalue weighted by Crippen LogP contribution is 2.29. The zero-order valence-electron chi connectivity index (χ0n) is 14.0. The Morgan fingerprint density at radius 2 is 1.92 bits per heavy atom. The fourth-order valence-electron chi connectivity index (χ4n) is 2.06. The van der Waals surface area contributed by atoms with Crippen molar-refractivity contribution in [2.24, 2.45) is 5.92 Å². The molecule has 0 saturated carbocycles. The lowest BCUT2D eigenvalue weighted by atomic mass is 10.1. The first-order valence-corrected chi connectivity index (χ1v) is 8.63. The lowest BCUT2D eigenvalue weighted by molar-refractivity contribution is 0.0952. The van der Waals surface area contributed by atoms with Crippen LogP contribution in [0.25, 0.3) is 0 Å². The smallest absolute Gasteiger partial charge is 0.274 e. The van der Waals surface area contributed by atoms with Gasteiger partial charge >= 0.3 is 0 Å². The molecular formula is C18H19Cl2N3O2. The molecule has 1 heterocycles. The Morgan fingerprint density at radius 3 is 2.64 bits per heavy atom. The monoisotopic (exact) mass is 379 g/mol. The van der Waals surface area contributed by atoms with Crippen molar-refractivity contribution in [3.05, 3.63) is 57.8 Å². The number of hydrogen-bond acceptors (Lipinski definition) is 3. The Balaban J connectivity index is 2.08. The third-order valence-corrected chi connectivity index (χ3v) is 4.28. The van der Waals surface area contributed by atoms with Gasteiger partial charge in [0.05, 0.1) is 15.7 Å². The number of hydrogen-bond donors (Lipinski definition) is 2. The Hall–Kier alpha value is -2.11. The second-order valence-electron chi connectivity index (χ2n) is 5.92. The molecule has 2 aromatic rings. The third kappa shape index (κ3) is 5.44. The summed E-state index contributed by atoms with van der Waals surface area (Å²) in [6.07, 6.45) is 2.31. The van der Waals surface area contributed by atoms with Gasteiger partial charge in [-0.2, -0.15) is 0 Å². The van der Waals surface area contributed by atoms with Crippen molar-refractivity contribution in [3.63, 3.8) is 0 Å². The van der Waals surface area contributed by atoms with E-state index in [2.05, 4.69) is 29.5 Å². The van der Waals surface area contributed by atoms with Gasteiger partial charge in [-0.05, 0) is 36.6 Å². The van der Waals surface area contributed by atoms with Crippen molar-refractivity contribution in [3.8, 4) is 0 Å². The standard InChI is InChI=1S/C18H19Cl2N3O2/c1-11(2)6-8-22-17(24)12-7-9-21-15(10-12)18(25)23-14-5-3-4-13(19)16(14)20/h3-5,7,9-11H,6,8H2,1-2H3,(H,22,24)(H,23,25). The van der Waals surface area contributed by atoms with Gasteiger partial charge in [-0.3, -0.25) is 14.6 Å². The van der Waals surface area contributed by atoms with Crippen molar-refractivity contribution in [1.29, 1.82) is 0 Å². The van der Waals surface area contributed by atoms with Crippen molar-refractivity contribution >= 4 is 40.7 Å². The van der Waals surface area contributed by atoms with E-state index in [1.165, 1.54) is 12.3 Å². The van der Waals surface area contributed by atoms with Gasteiger partial charge in [-0.1, -0.05) is 43.1 Å². The van der Waals surface area contributed by atoms with Crippen LogP contribution in [0.3, 0.4) is 0 Å². The minimum atomic E-state index is -0.471. The maximum Gasteiger partial charge on any atom is 0.274 e. The Morgan fingerprint density at radius 1 is 1.16 bits per heavy atom. The summed E-state index contributed by atoms with van der Waals surface area (Å²) in [5, 5.41) is 6.06. The highest BCUT2D eigenvalue weighted by Gasteiger charge is 2.14. The molecule has 2 rings (SSSR count). The first kappa shape index (κ1) is 19.2. The summed E-state index contributed by atoms with van der Waals surface area (Å²) in [4.78, 5) is 28.5. The maximum atomic E-state index is 12.3. The van der Waals surface area contributed by atoms with E-state index in [-0.39, 0.29) is 16.6 Å². The number of amides is 2. The number of halogens is 2. The molecule has 0 spiro atoms. The summed E-state index contributed by atoms with van der Waals surface area (Å²) in [6, 6.07) is 7.94. The van der Waals surface area contributed by atoms with E-state index >= 15 is 0 Å². The number of aromatic nitrogens is 1. The van der Waals surface area contributed by atoms with Crippen LogP contribution in [0.2, 0.25) is 10.0 Å². The first-order valence-electron chi connectivity index (χ1n) is 7.88. The van der Waals surface area contributed by atoms with E-state index < -0.39 is 5.91 Å². The molecule has 0 unspecified atom stereocenters. The SMILES string of the molecule is CC(C)CCNC(=O)c1ccnc(C(=O)Nc2cccc(Cl)c2Cl)c1. The first-order chi connectivity index (χ1) is 11.9. The lowest BCUT2D eigenvalue weighted by Crippen LogP contribution is -2.26. The second kappa shape index (κ2) is 8.83. The normalized spacial score (nSPS) is 10.6. The van der Waals surface area contributed by atoms with Crippen molar-refractivity contribution < 1.29 is 9.59 Å². The molecule has 1 aromatic heterocycles. The molecule has 0 aliphatic rings. The predicted molar refractivity (Wildman–Crippen MR) is 100 cm³/mol. The molecule has 0 saturated heterocycles. The largest absolute Gasteiger partial charge is 0.352 e. The van der Waals surface area contributed by atoms with Crippen LogP contribution in [0, 0.1) is 5.92 Å². The average Bonchev–Trinajstić information content (AvgIpc) is 2.58. The number of pyridine rings is 1. The molecule has 5 nitrogen and oxygen atoms in total. The summed E-state index contributed by atoms with van der Waals surface area (Å²) in [5.41, 5.74) is 0.876. The van der Waals surface area contributed by atoms with E-state index in [9.17, 15) is 9.59 Å². The number of anilines is 1. The highest BCUT2D eigenvalue weighted by atomic mass is 35.5. The Kier molecular flexibility index (Phi) is 6.79. The van der Waals surface area contributed by atoms with Gasteiger partial charge in [-0.25, -0.2) is 0 Å². The second-order valence-corrected chi connectivity index (χ2v) is 6.71. The van der Waals surface area contributed by atoms with Gasteiger partial charge in [0.15, 0.2) is 0 Å². The minimum Gasteiger partial charge on any atom is -0.352 e. The number of nitrogens with one attached hydrogen (secondary N) is 2. The number of nitrogens with zero attached hydrogens (tertiary/aromatic N) is 1. The van der Waals surface area contributed by atoms with E-state index in [4.69, 9.17) is 23.2 Å². The lowest BCUT2D eigenvalue weighted by Gasteiger charge is -2.09. The molecule has 2 amide bonds. The van der Waals surface area contributed by atoms with Gasteiger partial charge < -0.3 is 10.6 Å². The van der Waals surface area contributed by atoms with Crippen LogP contribution in [0.4, 0.5) is 5.69 Å². The molecule has 0 atom stereocenters. The van der Waals surface area contributed by atoms with Crippen molar-refractivity contribution in [1.82, 2.24) is 10.3 Å². The summed E-state index contributed by atoms with van der Waals surface area (Å²) >= 11 is 12.0. The van der Waals surface area contributed by atoms with E-state index in [0.29, 0.717) is 28.7 Å². The summed E-state index contributed by atoms with van der Waals surface area (Å²) < 4.78 is 0. The van der Waals surface area contributed by atoms with Crippen LogP contribution >= 0.6 is 23.2 Å². The van der Waals surface area contributed by atoms with E-state index in [1.54, 1.807) is 24.3 Å². The summed E-state index contributed by atoms with van der Waals surface area (Å²) in [6.45, 7) is 4.75. The zero-order valence-corrected chi connectivity index (χ0v) is 15.5. The molecule has 7 heteroatoms. The molecule has 0 bridgehead atoms. The van der Waals surface area contributed by atoms with Crippen LogP contribution in [-0.2, 0) is 0 Å². The third-order valence-electron chi connectivity index (χ3n) is 3.46. The molecule has 0 aliphatic heterocycles. The summed E-state index contributed by atoms with van der Waals surface area (Å²) in [5.74, 6) is -0.208. The van der Waals surface area contributed by atoms with Crippen molar-refractivity contribution in [2.75, 3.05) is 11.9 Å². The number of rotatable bonds is 6. The molecule has 25 heavy (non-hydrogen) atoms. The average molecular weight is 380 g/mol. The van der Waals surface area contributed by atoms with Gasteiger partial charge in [0.2, 0.25) is 0 Å². The highest BCUT2D eigenvalue weighted by molar-refractivity contribution is 6.44. The van der Waals surface area contributed by atoms with E-state index in [1.807, 2.05) is 0 Å². The molecule has 0 fully saturated rings. The minimum absolute atomic E-state index is 0.118. The molecule has 0 aliphatic carbocycles. The predicted octanol–water partition coefficient (Wildman–Crippen LogP) is 4.42. The number of carbonyl (C=O) groups excluding carboxylic acids is 2. The van der Waals surface area contributed by atoms with Crippen LogP contribution in [0.15, 0.2) is 36.5 Å².